The van der Waals surface area contributed by atoms with Crippen LogP contribution in [-0.2, 0) is 0 Å². The Hall–Kier alpha value is -0.680. The highest BCUT2D eigenvalue weighted by molar-refractivity contribution is 9.10. The third kappa shape index (κ3) is 3.23. The highest BCUT2D eigenvalue weighted by Crippen LogP contribution is 2.25. The summed E-state index contributed by atoms with van der Waals surface area (Å²) in [5.74, 6) is 0.231. The molecule has 0 fully saturated rings. The van der Waals surface area contributed by atoms with Crippen LogP contribution < -0.4 is 5.73 Å². The normalized spacial score (nSPS) is 14.0. The molecule has 0 saturated carbocycles. The van der Waals surface area contributed by atoms with Crippen molar-refractivity contribution in [3.8, 4) is 0 Å². The highest BCUT2D eigenvalue weighted by Gasteiger charge is 2.09. The zero-order valence-corrected chi connectivity index (χ0v) is 10.0. The van der Waals surface area contributed by atoms with E-state index < -0.39 is 0 Å². The minimum absolute atomic E-state index is 0.0331. The van der Waals surface area contributed by atoms with E-state index in [2.05, 4.69) is 21.1 Å². The Morgan fingerprint density at radius 1 is 1.64 bits per heavy atom. The predicted molar refractivity (Wildman–Crippen MR) is 62.9 cm³/mol. The molecule has 1 rings (SSSR count). The van der Waals surface area contributed by atoms with Crippen molar-refractivity contribution >= 4 is 33.5 Å². The number of hydrogen-bond acceptors (Lipinski definition) is 3. The molecule has 76 valence electrons. The van der Waals surface area contributed by atoms with Crippen molar-refractivity contribution < 1.29 is 5.21 Å². The Morgan fingerprint density at radius 3 is 2.93 bits per heavy atom. The lowest BCUT2D eigenvalue weighted by atomic mass is 10.4. The van der Waals surface area contributed by atoms with E-state index in [-0.39, 0.29) is 11.1 Å². The number of halogens is 1. The van der Waals surface area contributed by atoms with Gasteiger partial charge in [-0.2, -0.15) is 0 Å². The fraction of sp³-hybridized carbons (Fsp3) is 0.222. The molecule has 0 aromatic heterocycles. The van der Waals surface area contributed by atoms with Crippen molar-refractivity contribution in [3.63, 3.8) is 0 Å². The van der Waals surface area contributed by atoms with Crippen LogP contribution in [0.25, 0.3) is 0 Å². The average Bonchev–Trinajstić information content (AvgIpc) is 2.16. The number of benzene rings is 1. The molecule has 0 radical (unpaired) electrons. The van der Waals surface area contributed by atoms with Crippen LogP contribution in [0.2, 0.25) is 0 Å². The van der Waals surface area contributed by atoms with E-state index in [4.69, 9.17) is 10.9 Å². The average molecular weight is 275 g/mol. The van der Waals surface area contributed by atoms with Gasteiger partial charge in [-0.15, -0.1) is 11.8 Å². The summed E-state index contributed by atoms with van der Waals surface area (Å²) in [5, 5.41) is 11.4. The second-order valence-electron chi connectivity index (χ2n) is 2.74. The summed E-state index contributed by atoms with van der Waals surface area (Å²) in [6.07, 6.45) is 0. The molecule has 0 aliphatic heterocycles. The van der Waals surface area contributed by atoms with Crippen LogP contribution in [0.3, 0.4) is 0 Å². The van der Waals surface area contributed by atoms with Crippen LogP contribution in [-0.4, -0.2) is 16.3 Å². The van der Waals surface area contributed by atoms with Gasteiger partial charge in [0.05, 0.1) is 5.25 Å². The largest absolute Gasteiger partial charge is 0.409 e. The van der Waals surface area contributed by atoms with Gasteiger partial charge in [-0.3, -0.25) is 0 Å². The Labute approximate surface area is 95.5 Å². The second kappa shape index (κ2) is 5.26. The molecule has 1 unspecified atom stereocenters. The molecule has 0 spiro atoms. The van der Waals surface area contributed by atoms with Gasteiger partial charge in [0, 0.05) is 9.37 Å². The van der Waals surface area contributed by atoms with Crippen molar-refractivity contribution in [1.82, 2.24) is 0 Å². The lowest BCUT2D eigenvalue weighted by molar-refractivity contribution is 0.317. The summed E-state index contributed by atoms with van der Waals surface area (Å²) in [5.41, 5.74) is 5.47. The Bertz CT molecular complexity index is 343. The van der Waals surface area contributed by atoms with E-state index in [1.165, 1.54) is 0 Å². The standard InChI is InChI=1S/C9H11BrN2OS/c1-6(9(11)12-13)14-8-4-2-3-7(10)5-8/h2-6,13H,1H3,(H2,11,12). The first-order valence-electron chi connectivity index (χ1n) is 4.03. The molecule has 3 N–H and O–H groups in total. The summed E-state index contributed by atoms with van der Waals surface area (Å²) < 4.78 is 1.02. The smallest absolute Gasteiger partial charge is 0.152 e. The van der Waals surface area contributed by atoms with Crippen molar-refractivity contribution in [2.24, 2.45) is 10.9 Å². The lowest BCUT2D eigenvalue weighted by Gasteiger charge is -2.08. The number of thioether (sulfide) groups is 1. The number of amidine groups is 1. The number of oxime groups is 1. The zero-order valence-electron chi connectivity index (χ0n) is 7.64. The van der Waals surface area contributed by atoms with Crippen molar-refractivity contribution in [1.29, 1.82) is 0 Å². The van der Waals surface area contributed by atoms with Crippen LogP contribution in [0.15, 0.2) is 38.8 Å². The molecule has 0 aliphatic rings. The Kier molecular flexibility index (Phi) is 4.28. The molecule has 0 aliphatic carbocycles. The topological polar surface area (TPSA) is 58.6 Å². The van der Waals surface area contributed by atoms with E-state index in [0.29, 0.717) is 0 Å². The first-order chi connectivity index (χ1) is 6.63. The van der Waals surface area contributed by atoms with Crippen molar-refractivity contribution in [2.75, 3.05) is 0 Å². The minimum Gasteiger partial charge on any atom is -0.409 e. The number of nitrogens with two attached hydrogens (primary N) is 1. The third-order valence-electron chi connectivity index (χ3n) is 1.64. The molecule has 1 atom stereocenters. The van der Waals surface area contributed by atoms with Gasteiger partial charge in [0.25, 0.3) is 0 Å². The summed E-state index contributed by atoms with van der Waals surface area (Å²) in [7, 11) is 0. The maximum Gasteiger partial charge on any atom is 0.152 e. The number of hydrogen-bond donors (Lipinski definition) is 2. The fourth-order valence-corrected chi connectivity index (χ4v) is 2.37. The molecule has 0 bridgehead atoms. The van der Waals surface area contributed by atoms with Gasteiger partial charge in [-0.05, 0) is 25.1 Å². The van der Waals surface area contributed by atoms with Crippen LogP contribution in [0.5, 0.6) is 0 Å². The molecule has 3 nitrogen and oxygen atoms in total. The zero-order chi connectivity index (χ0) is 10.6. The number of rotatable bonds is 3. The van der Waals surface area contributed by atoms with Crippen LogP contribution in [0.4, 0.5) is 0 Å². The van der Waals surface area contributed by atoms with Gasteiger partial charge in [-0.1, -0.05) is 27.2 Å². The fourth-order valence-electron chi connectivity index (χ4n) is 0.886. The molecule has 1 aromatic rings. The Morgan fingerprint density at radius 2 is 2.36 bits per heavy atom. The SMILES string of the molecule is CC(Sc1cccc(Br)c1)C(N)=NO. The molecule has 5 heteroatoms. The minimum atomic E-state index is -0.0331. The molecule has 0 amide bonds. The maximum absolute atomic E-state index is 8.48. The quantitative estimate of drug-likeness (QED) is 0.293. The van der Waals surface area contributed by atoms with Crippen molar-refractivity contribution in [2.45, 2.75) is 17.1 Å². The summed E-state index contributed by atoms with van der Waals surface area (Å²) >= 11 is 4.93. The first-order valence-corrected chi connectivity index (χ1v) is 5.70. The van der Waals surface area contributed by atoms with Gasteiger partial charge in [0.1, 0.15) is 0 Å². The first kappa shape index (κ1) is 11.4. The van der Waals surface area contributed by atoms with E-state index in [1.54, 1.807) is 11.8 Å². The summed E-state index contributed by atoms with van der Waals surface area (Å²) in [6, 6.07) is 7.88. The van der Waals surface area contributed by atoms with E-state index >= 15 is 0 Å². The molecular formula is C9H11BrN2OS. The molecular weight excluding hydrogens is 264 g/mol. The van der Waals surface area contributed by atoms with E-state index in [0.717, 1.165) is 9.37 Å². The predicted octanol–water partition coefficient (Wildman–Crippen LogP) is 2.68. The van der Waals surface area contributed by atoms with Gasteiger partial charge < -0.3 is 10.9 Å². The van der Waals surface area contributed by atoms with E-state index in [1.807, 2.05) is 31.2 Å². The third-order valence-corrected chi connectivity index (χ3v) is 3.26. The maximum atomic E-state index is 8.48. The number of nitrogens with zero attached hydrogens (tertiary/aromatic N) is 1. The van der Waals surface area contributed by atoms with Gasteiger partial charge in [-0.25, -0.2) is 0 Å². The molecule has 1 aromatic carbocycles. The highest BCUT2D eigenvalue weighted by atomic mass is 79.9. The summed E-state index contributed by atoms with van der Waals surface area (Å²) in [4.78, 5) is 1.08. The van der Waals surface area contributed by atoms with Crippen LogP contribution >= 0.6 is 27.7 Å². The summed E-state index contributed by atoms with van der Waals surface area (Å²) in [6.45, 7) is 1.89. The van der Waals surface area contributed by atoms with Crippen molar-refractivity contribution in [3.05, 3.63) is 28.7 Å². The molecule has 0 heterocycles. The van der Waals surface area contributed by atoms with Gasteiger partial charge in [0.15, 0.2) is 5.84 Å². The molecule has 14 heavy (non-hydrogen) atoms. The lowest BCUT2D eigenvalue weighted by Crippen LogP contribution is -2.23. The van der Waals surface area contributed by atoms with Gasteiger partial charge >= 0.3 is 0 Å². The second-order valence-corrected chi connectivity index (χ2v) is 5.07. The van der Waals surface area contributed by atoms with Crippen LogP contribution in [0.1, 0.15) is 6.92 Å². The van der Waals surface area contributed by atoms with Gasteiger partial charge in [0.2, 0.25) is 0 Å². The van der Waals surface area contributed by atoms with E-state index in [9.17, 15) is 0 Å². The monoisotopic (exact) mass is 274 g/mol. The molecule has 0 saturated heterocycles. The van der Waals surface area contributed by atoms with Crippen LogP contribution in [0, 0.1) is 0 Å². The Balaban J connectivity index is 2.69.